The van der Waals surface area contributed by atoms with Crippen LogP contribution in [0.3, 0.4) is 0 Å². The first-order chi connectivity index (χ1) is 9.78. The van der Waals surface area contributed by atoms with Crippen LogP contribution in [-0.2, 0) is 6.42 Å². The van der Waals surface area contributed by atoms with Gasteiger partial charge in [-0.05, 0) is 50.9 Å². The van der Waals surface area contributed by atoms with E-state index in [0.29, 0.717) is 11.8 Å². The number of unbranched alkanes of at least 4 members (excludes halogenated alkanes) is 1. The molecule has 0 amide bonds. The zero-order valence-corrected chi connectivity index (χ0v) is 13.3. The van der Waals surface area contributed by atoms with Crippen molar-refractivity contribution in [3.8, 4) is 0 Å². The van der Waals surface area contributed by atoms with Crippen molar-refractivity contribution in [2.75, 3.05) is 0 Å². The van der Waals surface area contributed by atoms with E-state index >= 15 is 0 Å². The molecule has 1 aromatic heterocycles. The molecule has 0 aromatic carbocycles. The van der Waals surface area contributed by atoms with E-state index in [1.165, 1.54) is 81.4 Å². The zero-order chi connectivity index (χ0) is 13.9. The molecule has 1 heterocycles. The molecule has 0 radical (unpaired) electrons. The fourth-order valence-electron chi connectivity index (χ4n) is 4.17. The fraction of sp³-hybridized carbons (Fsp3) is 0.833. The normalized spacial score (nSPS) is 30.2. The van der Waals surface area contributed by atoms with Gasteiger partial charge in [-0.1, -0.05) is 33.1 Å². The average molecular weight is 274 g/mol. The second kappa shape index (κ2) is 6.32. The number of imidazole rings is 1. The van der Waals surface area contributed by atoms with Crippen molar-refractivity contribution in [1.29, 1.82) is 0 Å². The maximum atomic E-state index is 4.99. The quantitative estimate of drug-likeness (QED) is 0.791. The Morgan fingerprint density at radius 1 is 1.15 bits per heavy atom. The summed E-state index contributed by atoms with van der Waals surface area (Å²) < 4.78 is 0. The molecule has 112 valence electrons. The lowest BCUT2D eigenvalue weighted by molar-refractivity contribution is 0.299. The molecule has 0 spiro atoms. The number of rotatable bonds is 4. The molecule has 2 aliphatic rings. The maximum Gasteiger partial charge on any atom is 0.109 e. The van der Waals surface area contributed by atoms with E-state index in [-0.39, 0.29) is 0 Å². The van der Waals surface area contributed by atoms with E-state index in [1.54, 1.807) is 0 Å². The molecule has 2 aliphatic carbocycles. The summed E-state index contributed by atoms with van der Waals surface area (Å²) >= 11 is 0. The Kier molecular flexibility index (Phi) is 4.48. The van der Waals surface area contributed by atoms with Gasteiger partial charge in [-0.3, -0.25) is 0 Å². The first-order valence-corrected chi connectivity index (χ1v) is 8.86. The maximum absolute atomic E-state index is 4.99. The highest BCUT2D eigenvalue weighted by molar-refractivity contribution is 5.23. The highest BCUT2D eigenvalue weighted by atomic mass is 15.0. The standard InChI is InChI=1S/C18H30N2/c1-3-4-7-14-9-11-15(12-10-14)18-19-16-8-5-6-13(2)17(16)20-18/h13-15H,3-12H2,1-2H3,(H,19,20). The van der Waals surface area contributed by atoms with Crippen LogP contribution >= 0.6 is 0 Å². The predicted molar refractivity (Wildman–Crippen MR) is 84.2 cm³/mol. The zero-order valence-electron chi connectivity index (χ0n) is 13.3. The minimum Gasteiger partial charge on any atom is -0.345 e. The predicted octanol–water partition coefficient (Wildman–Crippen LogP) is 5.31. The Morgan fingerprint density at radius 2 is 1.95 bits per heavy atom. The van der Waals surface area contributed by atoms with Gasteiger partial charge in [-0.2, -0.15) is 0 Å². The van der Waals surface area contributed by atoms with E-state index in [1.807, 2.05) is 0 Å². The fourth-order valence-corrected chi connectivity index (χ4v) is 4.17. The molecule has 1 unspecified atom stereocenters. The average Bonchev–Trinajstić information content (AvgIpc) is 2.91. The molecular formula is C18H30N2. The Balaban J connectivity index is 1.61. The summed E-state index contributed by atoms with van der Waals surface area (Å²) in [5.41, 5.74) is 2.84. The molecule has 1 atom stereocenters. The van der Waals surface area contributed by atoms with Crippen LogP contribution in [0.25, 0.3) is 0 Å². The van der Waals surface area contributed by atoms with Gasteiger partial charge in [-0.25, -0.2) is 4.98 Å². The van der Waals surface area contributed by atoms with Crippen molar-refractivity contribution in [2.45, 2.75) is 89.9 Å². The SMILES string of the molecule is CCCCC1CCC(c2nc3c([nH]2)CCCC3C)CC1. The molecule has 0 aliphatic heterocycles. The Hall–Kier alpha value is -0.790. The van der Waals surface area contributed by atoms with Crippen molar-refractivity contribution >= 4 is 0 Å². The minimum atomic E-state index is 0.671. The molecule has 1 aromatic rings. The molecule has 1 N–H and O–H groups in total. The van der Waals surface area contributed by atoms with Crippen LogP contribution in [0.1, 0.15) is 101 Å². The molecule has 1 saturated carbocycles. The Labute approximate surface area is 123 Å². The van der Waals surface area contributed by atoms with Crippen molar-refractivity contribution < 1.29 is 0 Å². The second-order valence-electron chi connectivity index (χ2n) is 7.14. The molecule has 0 bridgehead atoms. The van der Waals surface area contributed by atoms with Crippen LogP contribution in [0.2, 0.25) is 0 Å². The Bertz CT molecular complexity index is 427. The number of aryl methyl sites for hydroxylation is 1. The van der Waals surface area contributed by atoms with Gasteiger partial charge in [0, 0.05) is 17.5 Å². The summed E-state index contributed by atoms with van der Waals surface area (Å²) in [7, 11) is 0. The number of H-pyrrole nitrogens is 1. The summed E-state index contributed by atoms with van der Waals surface area (Å²) in [5.74, 6) is 3.70. The molecular weight excluding hydrogens is 244 g/mol. The second-order valence-corrected chi connectivity index (χ2v) is 7.14. The van der Waals surface area contributed by atoms with Crippen LogP contribution < -0.4 is 0 Å². The molecule has 20 heavy (non-hydrogen) atoms. The highest BCUT2D eigenvalue weighted by Crippen LogP contribution is 2.38. The van der Waals surface area contributed by atoms with Gasteiger partial charge >= 0.3 is 0 Å². The first-order valence-electron chi connectivity index (χ1n) is 8.86. The summed E-state index contributed by atoms with van der Waals surface area (Å²) in [6.07, 6.45) is 13.7. The van der Waals surface area contributed by atoms with E-state index < -0.39 is 0 Å². The van der Waals surface area contributed by atoms with E-state index in [2.05, 4.69) is 18.8 Å². The largest absolute Gasteiger partial charge is 0.345 e. The topological polar surface area (TPSA) is 28.7 Å². The number of fused-ring (bicyclic) bond motifs is 1. The number of nitrogens with zero attached hydrogens (tertiary/aromatic N) is 1. The first kappa shape index (κ1) is 14.2. The van der Waals surface area contributed by atoms with Gasteiger partial charge < -0.3 is 4.98 Å². The molecule has 2 nitrogen and oxygen atoms in total. The number of aromatic nitrogens is 2. The van der Waals surface area contributed by atoms with Crippen LogP contribution in [0.4, 0.5) is 0 Å². The van der Waals surface area contributed by atoms with Gasteiger partial charge in [-0.15, -0.1) is 0 Å². The smallest absolute Gasteiger partial charge is 0.109 e. The molecule has 0 saturated heterocycles. The van der Waals surface area contributed by atoms with Crippen molar-refractivity contribution in [2.24, 2.45) is 5.92 Å². The lowest BCUT2D eigenvalue weighted by Crippen LogP contribution is -2.14. The van der Waals surface area contributed by atoms with Crippen molar-refractivity contribution in [3.63, 3.8) is 0 Å². The third-order valence-electron chi connectivity index (χ3n) is 5.56. The summed E-state index contributed by atoms with van der Waals surface area (Å²) in [6, 6.07) is 0. The monoisotopic (exact) mass is 274 g/mol. The van der Waals surface area contributed by atoms with Gasteiger partial charge in [0.2, 0.25) is 0 Å². The van der Waals surface area contributed by atoms with Gasteiger partial charge in [0.05, 0.1) is 5.69 Å². The number of nitrogens with one attached hydrogen (secondary N) is 1. The van der Waals surface area contributed by atoms with Gasteiger partial charge in [0.25, 0.3) is 0 Å². The van der Waals surface area contributed by atoms with Crippen molar-refractivity contribution in [1.82, 2.24) is 9.97 Å². The van der Waals surface area contributed by atoms with Crippen LogP contribution in [0, 0.1) is 5.92 Å². The lowest BCUT2D eigenvalue weighted by atomic mass is 9.79. The van der Waals surface area contributed by atoms with Crippen LogP contribution in [-0.4, -0.2) is 9.97 Å². The number of hydrogen-bond donors (Lipinski definition) is 1. The van der Waals surface area contributed by atoms with Crippen LogP contribution in [0.15, 0.2) is 0 Å². The summed E-state index contributed by atoms with van der Waals surface area (Å²) in [6.45, 7) is 4.64. The Morgan fingerprint density at radius 3 is 2.65 bits per heavy atom. The summed E-state index contributed by atoms with van der Waals surface area (Å²) in [5, 5.41) is 0. The molecule has 3 rings (SSSR count). The minimum absolute atomic E-state index is 0.671. The highest BCUT2D eigenvalue weighted by Gasteiger charge is 2.27. The third-order valence-corrected chi connectivity index (χ3v) is 5.56. The number of aromatic amines is 1. The van der Waals surface area contributed by atoms with Gasteiger partial charge in [0.15, 0.2) is 0 Å². The summed E-state index contributed by atoms with van der Waals surface area (Å²) in [4.78, 5) is 8.67. The lowest BCUT2D eigenvalue weighted by Gasteiger charge is -2.27. The number of hydrogen-bond acceptors (Lipinski definition) is 1. The molecule has 1 fully saturated rings. The van der Waals surface area contributed by atoms with E-state index in [9.17, 15) is 0 Å². The van der Waals surface area contributed by atoms with Gasteiger partial charge in [0.1, 0.15) is 5.82 Å². The molecule has 2 heteroatoms. The van der Waals surface area contributed by atoms with Crippen molar-refractivity contribution in [3.05, 3.63) is 17.2 Å². The van der Waals surface area contributed by atoms with E-state index in [4.69, 9.17) is 4.98 Å². The third kappa shape index (κ3) is 2.94. The van der Waals surface area contributed by atoms with E-state index in [0.717, 1.165) is 5.92 Å². The van der Waals surface area contributed by atoms with Crippen LogP contribution in [0.5, 0.6) is 0 Å².